The smallest absolute Gasteiger partial charge is 0.103 e. The minimum atomic E-state index is 0. The van der Waals surface area contributed by atoms with Crippen LogP contribution in [0.3, 0.4) is 0 Å². The molecule has 0 aliphatic rings. The van der Waals surface area contributed by atoms with Gasteiger partial charge in [0.1, 0.15) is 4.64 Å². The van der Waals surface area contributed by atoms with E-state index in [9.17, 15) is 0 Å². The minimum absolute atomic E-state index is 0. The van der Waals surface area contributed by atoms with Gasteiger partial charge < -0.3 is 10.5 Å². The van der Waals surface area contributed by atoms with Gasteiger partial charge >= 0.3 is 0 Å². The fraction of sp³-hybridized carbons (Fsp3) is 0. The summed E-state index contributed by atoms with van der Waals surface area (Å²) in [5.41, 5.74) is 0. The second-order valence-electron chi connectivity index (χ2n) is 1.23. The van der Waals surface area contributed by atoms with Crippen molar-refractivity contribution < 1.29 is 5.48 Å². The second kappa shape index (κ2) is 3.35. The van der Waals surface area contributed by atoms with Gasteiger partial charge in [0.2, 0.25) is 0 Å². The molecule has 0 amide bonds. The third kappa shape index (κ3) is 1.86. The van der Waals surface area contributed by atoms with Crippen molar-refractivity contribution in [2.24, 2.45) is 0 Å². The molecule has 0 saturated carbocycles. The van der Waals surface area contributed by atoms with E-state index < -0.39 is 0 Å². The Morgan fingerprint density at radius 2 is 2.12 bits per heavy atom. The zero-order valence-electron chi connectivity index (χ0n) is 4.22. The number of hydrogen-bond donors (Lipinski definition) is 1. The van der Waals surface area contributed by atoms with E-state index in [1.54, 1.807) is 0 Å². The summed E-state index contributed by atoms with van der Waals surface area (Å²) in [4.78, 5) is 2.85. The largest absolute Gasteiger partial charge is 0.412 e. The highest BCUT2D eigenvalue weighted by atomic mass is 32.1. The van der Waals surface area contributed by atoms with Crippen LogP contribution in [0.2, 0.25) is 0 Å². The van der Waals surface area contributed by atoms with Crippen LogP contribution in [0, 0.1) is 4.64 Å². The van der Waals surface area contributed by atoms with Crippen LogP contribution in [0.5, 0.6) is 0 Å². The Morgan fingerprint density at radius 1 is 1.38 bits per heavy atom. The molecule has 8 heavy (non-hydrogen) atoms. The lowest BCUT2D eigenvalue weighted by atomic mass is 10.5. The Morgan fingerprint density at radius 3 is 2.38 bits per heavy atom. The van der Waals surface area contributed by atoms with Gasteiger partial charge in [-0.1, -0.05) is 18.3 Å². The minimum Gasteiger partial charge on any atom is -0.412 e. The van der Waals surface area contributed by atoms with Gasteiger partial charge in [0.05, 0.1) is 0 Å². The highest BCUT2D eigenvalue weighted by Crippen LogP contribution is 1.80. The van der Waals surface area contributed by atoms with Crippen molar-refractivity contribution in [2.75, 3.05) is 0 Å². The zero-order valence-corrected chi connectivity index (χ0v) is 5.03. The molecule has 0 aliphatic carbocycles. The SMILES string of the molecule is O.S=c1cccc[nH]1. The monoisotopic (exact) mass is 129 g/mol. The summed E-state index contributed by atoms with van der Waals surface area (Å²) >= 11 is 4.76. The molecular formula is C5H7NOS. The van der Waals surface area contributed by atoms with Gasteiger partial charge in [-0.2, -0.15) is 0 Å². The molecule has 1 heterocycles. The Kier molecular flexibility index (Phi) is 3.07. The van der Waals surface area contributed by atoms with E-state index in [1.807, 2.05) is 24.4 Å². The first-order valence-corrected chi connectivity index (χ1v) is 2.44. The number of hydrogen-bond acceptors (Lipinski definition) is 1. The summed E-state index contributed by atoms with van der Waals surface area (Å²) in [5.74, 6) is 0. The lowest BCUT2D eigenvalue weighted by Crippen LogP contribution is -1.64. The molecule has 0 saturated heterocycles. The van der Waals surface area contributed by atoms with Crippen LogP contribution < -0.4 is 0 Å². The van der Waals surface area contributed by atoms with Crippen LogP contribution in [0.15, 0.2) is 24.4 Å². The second-order valence-corrected chi connectivity index (χ2v) is 1.67. The first-order valence-electron chi connectivity index (χ1n) is 2.03. The normalized spacial score (nSPS) is 7.50. The standard InChI is InChI=1S/C5H5NS.H2O/c7-5-3-1-2-4-6-5;/h1-4H,(H,6,7);1H2. The molecule has 1 rings (SSSR count). The van der Waals surface area contributed by atoms with Crippen molar-refractivity contribution in [3.8, 4) is 0 Å². The Hall–Kier alpha value is -0.670. The van der Waals surface area contributed by atoms with Crippen LogP contribution in [0.1, 0.15) is 0 Å². The van der Waals surface area contributed by atoms with Crippen molar-refractivity contribution in [1.82, 2.24) is 4.98 Å². The van der Waals surface area contributed by atoms with Crippen molar-refractivity contribution in [3.05, 3.63) is 29.0 Å². The predicted octanol–water partition coefficient (Wildman–Crippen LogP) is 0.919. The molecule has 0 fully saturated rings. The van der Waals surface area contributed by atoms with Crippen LogP contribution in [-0.2, 0) is 0 Å². The van der Waals surface area contributed by atoms with Gasteiger partial charge in [-0.05, 0) is 12.1 Å². The van der Waals surface area contributed by atoms with Gasteiger partial charge in [0.25, 0.3) is 0 Å². The summed E-state index contributed by atoms with van der Waals surface area (Å²) in [6.07, 6.45) is 1.81. The summed E-state index contributed by atoms with van der Waals surface area (Å²) in [6.45, 7) is 0. The molecule has 0 atom stereocenters. The Balaban J connectivity index is 0.000000490. The fourth-order valence-corrected chi connectivity index (χ4v) is 0.523. The molecule has 44 valence electrons. The summed E-state index contributed by atoms with van der Waals surface area (Å²) < 4.78 is 0.780. The number of aromatic nitrogens is 1. The number of aromatic amines is 1. The molecule has 1 aromatic heterocycles. The van der Waals surface area contributed by atoms with Crippen LogP contribution in [0.4, 0.5) is 0 Å². The van der Waals surface area contributed by atoms with Crippen molar-refractivity contribution in [1.29, 1.82) is 0 Å². The first kappa shape index (κ1) is 7.33. The fourth-order valence-electron chi connectivity index (χ4n) is 0.377. The molecule has 0 bridgehead atoms. The highest BCUT2D eigenvalue weighted by molar-refractivity contribution is 7.71. The van der Waals surface area contributed by atoms with E-state index in [0.29, 0.717) is 0 Å². The third-order valence-electron chi connectivity index (χ3n) is 0.681. The van der Waals surface area contributed by atoms with Crippen molar-refractivity contribution in [3.63, 3.8) is 0 Å². The average Bonchev–Trinajstić information content (AvgIpc) is 1.69. The van der Waals surface area contributed by atoms with Gasteiger partial charge in [-0.15, -0.1) is 0 Å². The molecular weight excluding hydrogens is 122 g/mol. The molecule has 2 nitrogen and oxygen atoms in total. The molecule has 0 spiro atoms. The van der Waals surface area contributed by atoms with Crippen molar-refractivity contribution >= 4 is 12.2 Å². The third-order valence-corrected chi connectivity index (χ3v) is 0.934. The van der Waals surface area contributed by atoms with Gasteiger partial charge in [-0.3, -0.25) is 0 Å². The lowest BCUT2D eigenvalue weighted by Gasteiger charge is -1.76. The first-order chi connectivity index (χ1) is 3.39. The summed E-state index contributed by atoms with van der Waals surface area (Å²) in [6, 6.07) is 5.64. The van der Waals surface area contributed by atoms with Crippen LogP contribution in [-0.4, -0.2) is 10.5 Å². The van der Waals surface area contributed by atoms with E-state index in [0.717, 1.165) is 4.64 Å². The van der Waals surface area contributed by atoms with E-state index in [2.05, 4.69) is 4.98 Å². The van der Waals surface area contributed by atoms with Crippen molar-refractivity contribution in [2.45, 2.75) is 0 Å². The molecule has 0 radical (unpaired) electrons. The van der Waals surface area contributed by atoms with E-state index in [4.69, 9.17) is 12.2 Å². The van der Waals surface area contributed by atoms with E-state index in [1.165, 1.54) is 0 Å². The highest BCUT2D eigenvalue weighted by Gasteiger charge is 1.65. The number of pyridine rings is 1. The van der Waals surface area contributed by atoms with E-state index in [-0.39, 0.29) is 5.48 Å². The molecule has 1 aromatic rings. The van der Waals surface area contributed by atoms with Crippen LogP contribution in [0.25, 0.3) is 0 Å². The Labute approximate surface area is 52.5 Å². The lowest BCUT2D eigenvalue weighted by molar-refractivity contribution is 0.824. The van der Waals surface area contributed by atoms with Crippen LogP contribution >= 0.6 is 12.2 Å². The zero-order chi connectivity index (χ0) is 5.11. The van der Waals surface area contributed by atoms with Gasteiger partial charge in [-0.25, -0.2) is 0 Å². The molecule has 3 N–H and O–H groups in total. The molecule has 0 unspecified atom stereocenters. The van der Waals surface area contributed by atoms with Gasteiger partial charge in [0.15, 0.2) is 0 Å². The predicted molar refractivity (Wildman–Crippen MR) is 35.2 cm³/mol. The molecule has 0 aromatic carbocycles. The summed E-state index contributed by atoms with van der Waals surface area (Å²) in [5, 5.41) is 0. The molecule has 3 heteroatoms. The maximum Gasteiger partial charge on any atom is 0.103 e. The average molecular weight is 129 g/mol. The quantitative estimate of drug-likeness (QED) is 0.520. The Bertz CT molecular complexity index is 178. The number of H-pyrrole nitrogens is 1. The number of rotatable bonds is 0. The van der Waals surface area contributed by atoms with Gasteiger partial charge in [0, 0.05) is 6.20 Å². The maximum absolute atomic E-state index is 4.76. The topological polar surface area (TPSA) is 47.3 Å². The summed E-state index contributed by atoms with van der Waals surface area (Å²) in [7, 11) is 0. The maximum atomic E-state index is 4.76. The molecule has 0 aliphatic heterocycles. The number of nitrogens with one attached hydrogen (secondary N) is 1. The van der Waals surface area contributed by atoms with E-state index >= 15 is 0 Å².